The molecule has 0 fully saturated rings. The van der Waals surface area contributed by atoms with Gasteiger partial charge < -0.3 is 5.73 Å². The molecule has 1 heterocycles. The van der Waals surface area contributed by atoms with Crippen LogP contribution in [0.15, 0.2) is 54.6 Å². The number of hydrogen-bond donors (Lipinski definition) is 1. The first-order valence-electron chi connectivity index (χ1n) is 6.29. The van der Waals surface area contributed by atoms with Crippen molar-refractivity contribution in [2.24, 2.45) is 0 Å². The van der Waals surface area contributed by atoms with E-state index in [1.54, 1.807) is 12.1 Å². The third kappa shape index (κ3) is 2.85. The predicted octanol–water partition coefficient (Wildman–Crippen LogP) is 4.19. The van der Waals surface area contributed by atoms with Gasteiger partial charge >= 0.3 is 0 Å². The first kappa shape index (κ1) is 13.5. The lowest BCUT2D eigenvalue weighted by Gasteiger charge is -2.07. The molecule has 0 spiro atoms. The van der Waals surface area contributed by atoms with Gasteiger partial charge in [0, 0.05) is 17.2 Å². The number of aromatic nitrogens is 2. The summed E-state index contributed by atoms with van der Waals surface area (Å²) in [5.41, 5.74) is 8.01. The van der Waals surface area contributed by atoms with Crippen LogP contribution in [0.25, 0.3) is 22.6 Å². The van der Waals surface area contributed by atoms with E-state index in [4.69, 9.17) is 17.3 Å². The Kier molecular flexibility index (Phi) is 3.54. The monoisotopic (exact) mass is 299 g/mol. The molecule has 104 valence electrons. The van der Waals surface area contributed by atoms with Gasteiger partial charge in [0.1, 0.15) is 11.6 Å². The van der Waals surface area contributed by atoms with Gasteiger partial charge in [0.25, 0.3) is 0 Å². The molecule has 0 atom stereocenters. The van der Waals surface area contributed by atoms with Crippen LogP contribution >= 0.6 is 11.6 Å². The molecule has 0 aliphatic rings. The summed E-state index contributed by atoms with van der Waals surface area (Å²) in [5.74, 6) is 0.300. The van der Waals surface area contributed by atoms with Crippen molar-refractivity contribution in [2.45, 2.75) is 0 Å². The van der Waals surface area contributed by atoms with Gasteiger partial charge in [0.2, 0.25) is 0 Å². The van der Waals surface area contributed by atoms with Crippen LogP contribution in [0.4, 0.5) is 10.2 Å². The van der Waals surface area contributed by atoms with Crippen molar-refractivity contribution in [3.63, 3.8) is 0 Å². The van der Waals surface area contributed by atoms with E-state index in [2.05, 4.69) is 9.97 Å². The first-order valence-corrected chi connectivity index (χ1v) is 6.67. The minimum absolute atomic E-state index is 0.250. The molecule has 0 amide bonds. The van der Waals surface area contributed by atoms with Crippen LogP contribution in [0, 0.1) is 5.82 Å². The topological polar surface area (TPSA) is 51.8 Å². The molecule has 0 unspecified atom stereocenters. The summed E-state index contributed by atoms with van der Waals surface area (Å²) in [6, 6.07) is 15.4. The Balaban J connectivity index is 2.14. The summed E-state index contributed by atoms with van der Waals surface area (Å²) < 4.78 is 13.1. The molecule has 0 bridgehead atoms. The molecular weight excluding hydrogens is 289 g/mol. The maximum Gasteiger partial charge on any atom is 0.163 e. The maximum atomic E-state index is 13.1. The van der Waals surface area contributed by atoms with Crippen LogP contribution in [0.3, 0.4) is 0 Å². The van der Waals surface area contributed by atoms with Gasteiger partial charge in [-0.15, -0.1) is 0 Å². The van der Waals surface area contributed by atoms with E-state index in [1.165, 1.54) is 12.1 Å². The summed E-state index contributed by atoms with van der Waals surface area (Å²) in [6.45, 7) is 0. The van der Waals surface area contributed by atoms with Crippen molar-refractivity contribution in [3.05, 3.63) is 65.4 Å². The number of nitrogen functional groups attached to an aromatic ring is 1. The van der Waals surface area contributed by atoms with E-state index < -0.39 is 5.82 Å². The van der Waals surface area contributed by atoms with Gasteiger partial charge in [0.05, 0.1) is 10.7 Å². The van der Waals surface area contributed by atoms with Crippen LogP contribution < -0.4 is 5.73 Å². The van der Waals surface area contributed by atoms with Gasteiger partial charge in [-0.1, -0.05) is 41.9 Å². The number of anilines is 1. The average Bonchev–Trinajstić information content (AvgIpc) is 2.47. The fourth-order valence-electron chi connectivity index (χ4n) is 2.01. The second-order valence-corrected chi connectivity index (χ2v) is 4.90. The molecule has 2 N–H and O–H groups in total. The molecule has 0 saturated heterocycles. The zero-order valence-corrected chi connectivity index (χ0v) is 11.7. The zero-order valence-electron chi connectivity index (χ0n) is 10.9. The summed E-state index contributed by atoms with van der Waals surface area (Å²) in [6.07, 6.45) is 0. The standard InChI is InChI=1S/C16H11ClFN3/c17-13-8-11(18)6-7-12(13)16-20-14(9-15(19)21-16)10-4-2-1-3-5-10/h1-9H,(H2,19,20,21). The van der Waals surface area contributed by atoms with Crippen LogP contribution in [0.5, 0.6) is 0 Å². The molecule has 0 aliphatic carbocycles. The van der Waals surface area contributed by atoms with Gasteiger partial charge in [-0.2, -0.15) is 0 Å². The Bertz CT molecular complexity index is 791. The molecule has 3 rings (SSSR count). The summed E-state index contributed by atoms with van der Waals surface area (Å²) >= 11 is 6.05. The van der Waals surface area contributed by atoms with Crippen molar-refractivity contribution in [1.82, 2.24) is 9.97 Å². The number of rotatable bonds is 2. The molecular formula is C16H11ClFN3. The van der Waals surface area contributed by atoms with Crippen LogP contribution in [-0.2, 0) is 0 Å². The van der Waals surface area contributed by atoms with Gasteiger partial charge in [-0.25, -0.2) is 14.4 Å². The maximum absolute atomic E-state index is 13.1. The summed E-state index contributed by atoms with van der Waals surface area (Å²) in [7, 11) is 0. The third-order valence-electron chi connectivity index (χ3n) is 2.99. The first-order chi connectivity index (χ1) is 10.1. The quantitative estimate of drug-likeness (QED) is 0.772. The van der Waals surface area contributed by atoms with Crippen molar-refractivity contribution in [3.8, 4) is 22.6 Å². The number of nitrogens with two attached hydrogens (primary N) is 1. The highest BCUT2D eigenvalue weighted by molar-refractivity contribution is 6.33. The minimum atomic E-state index is -0.407. The lowest BCUT2D eigenvalue weighted by atomic mass is 10.1. The third-order valence-corrected chi connectivity index (χ3v) is 3.30. The summed E-state index contributed by atoms with van der Waals surface area (Å²) in [4.78, 5) is 8.65. The predicted molar refractivity (Wildman–Crippen MR) is 82.3 cm³/mol. The number of nitrogens with zero attached hydrogens (tertiary/aromatic N) is 2. The van der Waals surface area contributed by atoms with Crippen LogP contribution in [0.1, 0.15) is 0 Å². The minimum Gasteiger partial charge on any atom is -0.384 e. The fourth-order valence-corrected chi connectivity index (χ4v) is 2.27. The Morgan fingerprint density at radius 1 is 0.952 bits per heavy atom. The lowest BCUT2D eigenvalue weighted by Crippen LogP contribution is -1.98. The van der Waals surface area contributed by atoms with Crippen molar-refractivity contribution in [1.29, 1.82) is 0 Å². The van der Waals surface area contributed by atoms with Crippen molar-refractivity contribution < 1.29 is 4.39 Å². The van der Waals surface area contributed by atoms with Crippen LogP contribution in [0.2, 0.25) is 5.02 Å². The molecule has 0 aliphatic heterocycles. The number of halogens is 2. The van der Waals surface area contributed by atoms with E-state index in [0.29, 0.717) is 22.9 Å². The van der Waals surface area contributed by atoms with Crippen molar-refractivity contribution >= 4 is 17.4 Å². The second-order valence-electron chi connectivity index (χ2n) is 4.49. The molecule has 21 heavy (non-hydrogen) atoms. The largest absolute Gasteiger partial charge is 0.384 e. The molecule has 1 aromatic heterocycles. The molecule has 2 aromatic carbocycles. The van der Waals surface area contributed by atoms with Crippen LogP contribution in [-0.4, -0.2) is 9.97 Å². The van der Waals surface area contributed by atoms with E-state index >= 15 is 0 Å². The second kappa shape index (κ2) is 5.50. The fraction of sp³-hybridized carbons (Fsp3) is 0. The molecule has 5 heteroatoms. The van der Waals surface area contributed by atoms with E-state index in [0.717, 1.165) is 5.56 Å². The Hall–Kier alpha value is -2.46. The molecule has 3 aromatic rings. The highest BCUT2D eigenvalue weighted by Gasteiger charge is 2.11. The van der Waals surface area contributed by atoms with E-state index in [9.17, 15) is 4.39 Å². The Morgan fingerprint density at radius 3 is 2.43 bits per heavy atom. The SMILES string of the molecule is Nc1cc(-c2ccccc2)nc(-c2ccc(F)cc2Cl)n1. The Labute approximate surface area is 126 Å². The highest BCUT2D eigenvalue weighted by Crippen LogP contribution is 2.28. The molecule has 0 radical (unpaired) electrons. The van der Waals surface area contributed by atoms with Gasteiger partial charge in [-0.05, 0) is 18.2 Å². The van der Waals surface area contributed by atoms with E-state index in [-0.39, 0.29) is 5.02 Å². The average molecular weight is 300 g/mol. The highest BCUT2D eigenvalue weighted by atomic mass is 35.5. The normalized spacial score (nSPS) is 10.6. The molecule has 0 saturated carbocycles. The van der Waals surface area contributed by atoms with E-state index in [1.807, 2.05) is 30.3 Å². The van der Waals surface area contributed by atoms with Gasteiger partial charge in [0.15, 0.2) is 5.82 Å². The Morgan fingerprint density at radius 2 is 1.71 bits per heavy atom. The smallest absolute Gasteiger partial charge is 0.163 e. The zero-order chi connectivity index (χ0) is 14.8. The van der Waals surface area contributed by atoms with Gasteiger partial charge in [-0.3, -0.25) is 0 Å². The summed E-state index contributed by atoms with van der Waals surface area (Å²) in [5, 5.41) is 0.250. The van der Waals surface area contributed by atoms with Crippen molar-refractivity contribution in [2.75, 3.05) is 5.73 Å². The number of hydrogen-bond acceptors (Lipinski definition) is 3. The lowest BCUT2D eigenvalue weighted by molar-refractivity contribution is 0.628. The number of benzene rings is 2. The molecule has 3 nitrogen and oxygen atoms in total.